The topological polar surface area (TPSA) is 67.4 Å². The van der Waals surface area contributed by atoms with E-state index >= 15 is 0 Å². The summed E-state index contributed by atoms with van der Waals surface area (Å²) in [5, 5.41) is 2.94. The van der Waals surface area contributed by atoms with Gasteiger partial charge in [0, 0.05) is 19.6 Å². The van der Waals surface area contributed by atoms with E-state index in [9.17, 15) is 4.79 Å². The van der Waals surface area contributed by atoms with Crippen LogP contribution in [0, 0.1) is 0 Å². The predicted octanol–water partition coefficient (Wildman–Crippen LogP) is 2.15. The molecule has 23 heavy (non-hydrogen) atoms. The molecule has 1 aromatic heterocycles. The second-order valence-electron chi connectivity index (χ2n) is 7.06. The lowest BCUT2D eigenvalue weighted by Crippen LogP contribution is -2.42. The molecule has 1 atom stereocenters. The molecule has 2 aliphatic heterocycles. The first-order chi connectivity index (χ1) is 11.0. The van der Waals surface area contributed by atoms with Crippen LogP contribution in [0.25, 0.3) is 0 Å². The van der Waals surface area contributed by atoms with Crippen molar-refractivity contribution in [3.05, 3.63) is 18.1 Å². The number of anilines is 1. The van der Waals surface area contributed by atoms with Crippen LogP contribution >= 0.6 is 0 Å². The van der Waals surface area contributed by atoms with Crippen LogP contribution in [0.2, 0.25) is 0 Å². The Bertz CT molecular complexity index is 555. The summed E-state index contributed by atoms with van der Waals surface area (Å²) in [6.45, 7) is 6.71. The highest BCUT2D eigenvalue weighted by Crippen LogP contribution is 2.27. The SMILES string of the molecule is CC1(C)CCCC(CNC(=O)c2cncc(N3CCCC3)n2)O1. The zero-order valence-corrected chi connectivity index (χ0v) is 14.0. The van der Waals surface area contributed by atoms with Crippen LogP contribution < -0.4 is 10.2 Å². The van der Waals surface area contributed by atoms with Gasteiger partial charge in [-0.1, -0.05) is 0 Å². The Morgan fingerprint density at radius 1 is 1.35 bits per heavy atom. The predicted molar refractivity (Wildman–Crippen MR) is 88.6 cm³/mol. The van der Waals surface area contributed by atoms with Gasteiger partial charge in [0.1, 0.15) is 11.5 Å². The molecule has 6 heteroatoms. The Morgan fingerprint density at radius 3 is 2.87 bits per heavy atom. The van der Waals surface area contributed by atoms with Crippen LogP contribution in [0.4, 0.5) is 5.82 Å². The number of carbonyl (C=O) groups excluding carboxylic acids is 1. The molecule has 1 amide bonds. The molecule has 0 aromatic carbocycles. The first-order valence-electron chi connectivity index (χ1n) is 8.56. The molecule has 126 valence electrons. The highest BCUT2D eigenvalue weighted by atomic mass is 16.5. The van der Waals surface area contributed by atoms with Gasteiger partial charge >= 0.3 is 0 Å². The molecule has 1 N–H and O–H groups in total. The Labute approximate surface area is 137 Å². The lowest BCUT2D eigenvalue weighted by Gasteiger charge is -2.36. The first kappa shape index (κ1) is 16.2. The van der Waals surface area contributed by atoms with Crippen molar-refractivity contribution in [2.45, 2.75) is 57.7 Å². The van der Waals surface area contributed by atoms with Gasteiger partial charge in [-0.25, -0.2) is 4.98 Å². The second kappa shape index (κ2) is 6.83. The van der Waals surface area contributed by atoms with Gasteiger partial charge in [-0.05, 0) is 46.0 Å². The molecule has 2 saturated heterocycles. The number of nitrogens with one attached hydrogen (secondary N) is 1. The highest BCUT2D eigenvalue weighted by molar-refractivity contribution is 5.92. The summed E-state index contributed by atoms with van der Waals surface area (Å²) in [4.78, 5) is 23.1. The molecule has 0 bridgehead atoms. The molecule has 0 spiro atoms. The monoisotopic (exact) mass is 318 g/mol. The van der Waals surface area contributed by atoms with Crippen LogP contribution in [0.1, 0.15) is 56.4 Å². The number of hydrogen-bond acceptors (Lipinski definition) is 5. The van der Waals surface area contributed by atoms with Gasteiger partial charge in [0.15, 0.2) is 0 Å². The summed E-state index contributed by atoms with van der Waals surface area (Å²) in [6, 6.07) is 0. The summed E-state index contributed by atoms with van der Waals surface area (Å²) in [5.74, 6) is 0.621. The molecule has 6 nitrogen and oxygen atoms in total. The maximum absolute atomic E-state index is 12.3. The average Bonchev–Trinajstić information content (AvgIpc) is 3.06. The summed E-state index contributed by atoms with van der Waals surface area (Å²) in [6.07, 6.45) is 8.88. The van der Waals surface area contributed by atoms with Gasteiger partial charge < -0.3 is 15.0 Å². The third-order valence-corrected chi connectivity index (χ3v) is 4.57. The number of nitrogens with zero attached hydrogens (tertiary/aromatic N) is 3. The minimum absolute atomic E-state index is 0.0809. The summed E-state index contributed by atoms with van der Waals surface area (Å²) in [7, 11) is 0. The van der Waals surface area contributed by atoms with Gasteiger partial charge in [0.25, 0.3) is 5.91 Å². The van der Waals surface area contributed by atoms with Crippen molar-refractivity contribution in [2.24, 2.45) is 0 Å². The zero-order valence-electron chi connectivity index (χ0n) is 14.0. The smallest absolute Gasteiger partial charge is 0.271 e. The van der Waals surface area contributed by atoms with Crippen molar-refractivity contribution in [1.82, 2.24) is 15.3 Å². The van der Waals surface area contributed by atoms with E-state index in [1.165, 1.54) is 19.0 Å². The highest BCUT2D eigenvalue weighted by Gasteiger charge is 2.28. The maximum Gasteiger partial charge on any atom is 0.271 e. The molecule has 0 radical (unpaired) electrons. The summed E-state index contributed by atoms with van der Waals surface area (Å²) in [5.41, 5.74) is 0.285. The summed E-state index contributed by atoms with van der Waals surface area (Å²) < 4.78 is 6.01. The van der Waals surface area contributed by atoms with Gasteiger partial charge in [-0.15, -0.1) is 0 Å². The minimum atomic E-state index is -0.175. The first-order valence-corrected chi connectivity index (χ1v) is 8.56. The van der Waals surface area contributed by atoms with E-state index in [0.29, 0.717) is 12.2 Å². The lowest BCUT2D eigenvalue weighted by atomic mass is 9.95. The van der Waals surface area contributed by atoms with Gasteiger partial charge in [0.2, 0.25) is 0 Å². The third kappa shape index (κ3) is 4.19. The number of amides is 1. The van der Waals surface area contributed by atoms with Crippen LogP contribution in [0.5, 0.6) is 0 Å². The largest absolute Gasteiger partial charge is 0.371 e. The van der Waals surface area contributed by atoms with Crippen LogP contribution in [0.3, 0.4) is 0 Å². The maximum atomic E-state index is 12.3. The van der Waals surface area contributed by atoms with E-state index in [2.05, 4.69) is 34.0 Å². The van der Waals surface area contributed by atoms with E-state index in [-0.39, 0.29) is 17.6 Å². The molecule has 2 fully saturated rings. The molecule has 1 aromatic rings. The number of hydrogen-bond donors (Lipinski definition) is 1. The van der Waals surface area contributed by atoms with E-state index in [1.807, 2.05) is 0 Å². The number of rotatable bonds is 4. The molecule has 0 saturated carbocycles. The fourth-order valence-electron chi connectivity index (χ4n) is 3.33. The third-order valence-electron chi connectivity index (χ3n) is 4.57. The van der Waals surface area contributed by atoms with E-state index in [1.54, 1.807) is 6.20 Å². The molecular weight excluding hydrogens is 292 g/mol. The van der Waals surface area contributed by atoms with Crippen LogP contribution in [-0.2, 0) is 4.74 Å². The van der Waals surface area contributed by atoms with Crippen LogP contribution in [-0.4, -0.2) is 47.2 Å². The zero-order chi connectivity index (χ0) is 16.3. The molecule has 0 aliphatic carbocycles. The van der Waals surface area contributed by atoms with E-state index < -0.39 is 0 Å². The quantitative estimate of drug-likeness (QED) is 0.921. The van der Waals surface area contributed by atoms with Crippen molar-refractivity contribution in [1.29, 1.82) is 0 Å². The Balaban J connectivity index is 1.56. The molecular formula is C17H26N4O2. The van der Waals surface area contributed by atoms with E-state index in [0.717, 1.165) is 38.2 Å². The number of ether oxygens (including phenoxy) is 1. The van der Waals surface area contributed by atoms with Crippen LogP contribution in [0.15, 0.2) is 12.4 Å². The summed E-state index contributed by atoms with van der Waals surface area (Å²) >= 11 is 0. The lowest BCUT2D eigenvalue weighted by molar-refractivity contribution is -0.104. The van der Waals surface area contributed by atoms with Crippen molar-refractivity contribution < 1.29 is 9.53 Å². The van der Waals surface area contributed by atoms with E-state index in [4.69, 9.17) is 4.74 Å². The fraction of sp³-hybridized carbons (Fsp3) is 0.706. The van der Waals surface area contributed by atoms with Crippen molar-refractivity contribution in [2.75, 3.05) is 24.5 Å². The minimum Gasteiger partial charge on any atom is -0.371 e. The van der Waals surface area contributed by atoms with Crippen molar-refractivity contribution >= 4 is 11.7 Å². The molecule has 3 rings (SSSR count). The molecule has 3 heterocycles. The van der Waals surface area contributed by atoms with Gasteiger partial charge in [-0.3, -0.25) is 9.78 Å². The standard InChI is InChI=1S/C17H26N4O2/c1-17(2)7-5-6-13(23-17)10-19-16(22)14-11-18-12-15(20-14)21-8-3-4-9-21/h11-13H,3-10H2,1-2H3,(H,19,22). The number of aromatic nitrogens is 2. The van der Waals surface area contributed by atoms with Gasteiger partial charge in [-0.2, -0.15) is 0 Å². The normalized spacial score (nSPS) is 23.7. The van der Waals surface area contributed by atoms with Crippen molar-refractivity contribution in [3.8, 4) is 0 Å². The molecule has 1 unspecified atom stereocenters. The van der Waals surface area contributed by atoms with Gasteiger partial charge in [0.05, 0.1) is 24.1 Å². The second-order valence-corrected chi connectivity index (χ2v) is 7.06. The fourth-order valence-corrected chi connectivity index (χ4v) is 3.33. The number of carbonyl (C=O) groups is 1. The Hall–Kier alpha value is -1.69. The van der Waals surface area contributed by atoms with Crippen molar-refractivity contribution in [3.63, 3.8) is 0 Å². The Kier molecular flexibility index (Phi) is 4.80. The average molecular weight is 318 g/mol. The molecule has 2 aliphatic rings. The Morgan fingerprint density at radius 2 is 2.13 bits per heavy atom.